The summed E-state index contributed by atoms with van der Waals surface area (Å²) < 4.78 is 0. The van der Waals surface area contributed by atoms with Crippen LogP contribution in [0.3, 0.4) is 0 Å². The number of hydrogen-bond acceptors (Lipinski definition) is 3. The van der Waals surface area contributed by atoms with Crippen LogP contribution < -0.4 is 5.73 Å². The van der Waals surface area contributed by atoms with Crippen molar-refractivity contribution in [2.24, 2.45) is 5.73 Å². The van der Waals surface area contributed by atoms with Gasteiger partial charge in [-0.2, -0.15) is 0 Å². The zero-order chi connectivity index (χ0) is 12.3. The van der Waals surface area contributed by atoms with E-state index in [-0.39, 0.29) is 5.84 Å². The zero-order valence-electron chi connectivity index (χ0n) is 9.47. The first kappa shape index (κ1) is 11.7. The second kappa shape index (κ2) is 5.01. The number of pyridine rings is 1. The highest BCUT2D eigenvalue weighted by Gasteiger charge is 2.07. The fourth-order valence-corrected chi connectivity index (χ4v) is 2.47. The fourth-order valence-electron chi connectivity index (χ4n) is 1.46. The molecule has 0 unspecified atom stereocenters. The quantitative estimate of drug-likeness (QED) is 0.643. The van der Waals surface area contributed by atoms with E-state index < -0.39 is 0 Å². The van der Waals surface area contributed by atoms with Gasteiger partial charge in [0.15, 0.2) is 0 Å². The van der Waals surface area contributed by atoms with E-state index in [9.17, 15) is 0 Å². The molecule has 2 rings (SSSR count). The molecular weight excluding hydrogens is 230 g/mol. The highest BCUT2D eigenvalue weighted by atomic mass is 32.2. The van der Waals surface area contributed by atoms with E-state index in [0.29, 0.717) is 0 Å². The maximum Gasteiger partial charge on any atom is 0.123 e. The minimum atomic E-state index is 0.0865. The van der Waals surface area contributed by atoms with E-state index in [1.165, 1.54) is 11.8 Å². The SMILES string of the molecule is Cc1ccc(C(=N)N)c(Sc2ccccn2)c1. The molecule has 0 amide bonds. The van der Waals surface area contributed by atoms with E-state index in [4.69, 9.17) is 11.1 Å². The van der Waals surface area contributed by atoms with Crippen molar-refractivity contribution in [1.82, 2.24) is 4.98 Å². The molecule has 0 saturated carbocycles. The molecule has 0 aliphatic heterocycles. The minimum Gasteiger partial charge on any atom is -0.384 e. The molecule has 0 radical (unpaired) electrons. The smallest absolute Gasteiger partial charge is 0.123 e. The van der Waals surface area contributed by atoms with E-state index in [1.54, 1.807) is 6.20 Å². The number of aryl methyl sites for hydroxylation is 1. The predicted octanol–water partition coefficient (Wildman–Crippen LogP) is 2.83. The Balaban J connectivity index is 2.37. The van der Waals surface area contributed by atoms with Gasteiger partial charge in [-0.3, -0.25) is 5.41 Å². The number of rotatable bonds is 3. The molecule has 0 saturated heterocycles. The average Bonchev–Trinajstić information content (AvgIpc) is 2.30. The van der Waals surface area contributed by atoms with Gasteiger partial charge in [0.25, 0.3) is 0 Å². The summed E-state index contributed by atoms with van der Waals surface area (Å²) in [7, 11) is 0. The number of benzene rings is 1. The van der Waals surface area contributed by atoms with Crippen molar-refractivity contribution in [3.63, 3.8) is 0 Å². The third-order valence-electron chi connectivity index (χ3n) is 2.28. The molecule has 2 aromatic rings. The fraction of sp³-hybridized carbons (Fsp3) is 0.0769. The Bertz CT molecular complexity index is 538. The summed E-state index contributed by atoms with van der Waals surface area (Å²) >= 11 is 1.52. The first-order valence-corrected chi connectivity index (χ1v) is 6.02. The van der Waals surface area contributed by atoms with Crippen LogP contribution in [0.1, 0.15) is 11.1 Å². The molecule has 3 N–H and O–H groups in total. The first-order valence-electron chi connectivity index (χ1n) is 5.21. The first-order chi connectivity index (χ1) is 8.16. The van der Waals surface area contributed by atoms with Crippen molar-refractivity contribution in [2.75, 3.05) is 0 Å². The standard InChI is InChI=1S/C13H13N3S/c1-9-5-6-10(13(14)15)11(8-9)17-12-4-2-3-7-16-12/h2-8H,1H3,(H3,14,15). The van der Waals surface area contributed by atoms with E-state index in [1.807, 2.05) is 43.3 Å². The molecule has 17 heavy (non-hydrogen) atoms. The second-order valence-electron chi connectivity index (χ2n) is 3.68. The van der Waals surface area contributed by atoms with Crippen LogP contribution >= 0.6 is 11.8 Å². The molecule has 3 nitrogen and oxygen atoms in total. The van der Waals surface area contributed by atoms with Crippen LogP contribution in [0.5, 0.6) is 0 Å². The maximum absolute atomic E-state index is 7.56. The van der Waals surface area contributed by atoms with Crippen LogP contribution in [-0.4, -0.2) is 10.8 Å². The number of aromatic nitrogens is 1. The minimum absolute atomic E-state index is 0.0865. The number of hydrogen-bond donors (Lipinski definition) is 2. The van der Waals surface area contributed by atoms with Crippen LogP contribution in [0, 0.1) is 12.3 Å². The summed E-state index contributed by atoms with van der Waals surface area (Å²) in [5, 5.41) is 8.46. The molecule has 0 aliphatic rings. The van der Waals surface area contributed by atoms with Crippen LogP contribution in [0.4, 0.5) is 0 Å². The molecule has 1 aromatic carbocycles. The molecular formula is C13H13N3S. The number of nitrogens with two attached hydrogens (primary N) is 1. The molecule has 0 spiro atoms. The molecule has 0 aliphatic carbocycles. The Kier molecular flexibility index (Phi) is 3.44. The number of nitrogen functional groups attached to an aromatic ring is 1. The Morgan fingerprint density at radius 3 is 2.76 bits per heavy atom. The van der Waals surface area contributed by atoms with Gasteiger partial charge in [-0.05, 0) is 36.8 Å². The zero-order valence-corrected chi connectivity index (χ0v) is 10.3. The largest absolute Gasteiger partial charge is 0.384 e. The van der Waals surface area contributed by atoms with Crippen molar-refractivity contribution in [3.8, 4) is 0 Å². The predicted molar refractivity (Wildman–Crippen MR) is 70.6 cm³/mol. The van der Waals surface area contributed by atoms with Gasteiger partial charge < -0.3 is 5.73 Å². The van der Waals surface area contributed by atoms with Gasteiger partial charge in [-0.25, -0.2) is 4.98 Å². The van der Waals surface area contributed by atoms with E-state index >= 15 is 0 Å². The van der Waals surface area contributed by atoms with Crippen LogP contribution in [0.2, 0.25) is 0 Å². The van der Waals surface area contributed by atoms with Crippen molar-refractivity contribution < 1.29 is 0 Å². The van der Waals surface area contributed by atoms with E-state index in [2.05, 4.69) is 4.98 Å². The van der Waals surface area contributed by atoms with Crippen molar-refractivity contribution in [1.29, 1.82) is 5.41 Å². The third-order valence-corrected chi connectivity index (χ3v) is 3.29. The van der Waals surface area contributed by atoms with Gasteiger partial charge in [0, 0.05) is 16.7 Å². The van der Waals surface area contributed by atoms with Crippen molar-refractivity contribution >= 4 is 17.6 Å². The number of nitrogens with one attached hydrogen (secondary N) is 1. The molecule has 0 fully saturated rings. The van der Waals surface area contributed by atoms with Gasteiger partial charge in [0.2, 0.25) is 0 Å². The highest BCUT2D eigenvalue weighted by molar-refractivity contribution is 7.99. The Morgan fingerprint density at radius 2 is 2.12 bits per heavy atom. The van der Waals surface area contributed by atoms with Crippen LogP contribution in [0.25, 0.3) is 0 Å². The summed E-state index contributed by atoms with van der Waals surface area (Å²) in [5.74, 6) is 0.0865. The summed E-state index contributed by atoms with van der Waals surface area (Å²) in [6.07, 6.45) is 1.76. The lowest BCUT2D eigenvalue weighted by Gasteiger charge is -2.08. The van der Waals surface area contributed by atoms with E-state index in [0.717, 1.165) is 21.0 Å². The van der Waals surface area contributed by atoms with Crippen LogP contribution in [0.15, 0.2) is 52.5 Å². The second-order valence-corrected chi connectivity index (χ2v) is 4.75. The number of nitrogens with zero attached hydrogens (tertiary/aromatic N) is 1. The molecule has 1 aromatic heterocycles. The van der Waals surface area contributed by atoms with Gasteiger partial charge in [0.05, 0.1) is 0 Å². The summed E-state index contributed by atoms with van der Waals surface area (Å²) in [5.41, 5.74) is 7.47. The van der Waals surface area contributed by atoms with Crippen LogP contribution in [-0.2, 0) is 0 Å². The van der Waals surface area contributed by atoms with Gasteiger partial charge in [-0.1, -0.05) is 23.9 Å². The lowest BCUT2D eigenvalue weighted by atomic mass is 10.1. The van der Waals surface area contributed by atoms with Gasteiger partial charge in [0.1, 0.15) is 10.9 Å². The maximum atomic E-state index is 7.56. The average molecular weight is 243 g/mol. The van der Waals surface area contributed by atoms with Gasteiger partial charge in [-0.15, -0.1) is 0 Å². The normalized spacial score (nSPS) is 10.2. The Hall–Kier alpha value is -1.81. The summed E-state index contributed by atoms with van der Waals surface area (Å²) in [6.45, 7) is 2.02. The summed E-state index contributed by atoms with van der Waals surface area (Å²) in [4.78, 5) is 5.22. The van der Waals surface area contributed by atoms with Crippen molar-refractivity contribution in [3.05, 3.63) is 53.7 Å². The molecule has 0 bridgehead atoms. The molecule has 1 heterocycles. The Labute approximate surface area is 105 Å². The van der Waals surface area contributed by atoms with Gasteiger partial charge >= 0.3 is 0 Å². The lowest BCUT2D eigenvalue weighted by Crippen LogP contribution is -2.12. The third kappa shape index (κ3) is 2.85. The van der Waals surface area contributed by atoms with Crippen molar-refractivity contribution in [2.45, 2.75) is 16.8 Å². The highest BCUT2D eigenvalue weighted by Crippen LogP contribution is 2.29. The molecule has 4 heteroatoms. The Morgan fingerprint density at radius 1 is 1.29 bits per heavy atom. The molecule has 86 valence electrons. The topological polar surface area (TPSA) is 62.8 Å². The molecule has 0 atom stereocenters. The lowest BCUT2D eigenvalue weighted by molar-refractivity contribution is 1.13. The summed E-state index contributed by atoms with van der Waals surface area (Å²) in [6, 6.07) is 11.6. The number of amidine groups is 1. The monoisotopic (exact) mass is 243 g/mol.